The standard InChI is InChI=1S/C18H23NO2/c1-13(2)19(12-15-6-7-15)18(21)17-10-14(3)9-16(11-17)5-4-8-20/h9-11,13,15,20H,6-8,12H2,1-3H3. The molecule has 21 heavy (non-hydrogen) atoms. The summed E-state index contributed by atoms with van der Waals surface area (Å²) in [5, 5.41) is 8.79. The highest BCUT2D eigenvalue weighted by Gasteiger charge is 2.28. The Morgan fingerprint density at radius 2 is 2.10 bits per heavy atom. The largest absolute Gasteiger partial charge is 0.384 e. The van der Waals surface area contributed by atoms with Gasteiger partial charge < -0.3 is 10.0 Å². The Bertz CT molecular complexity index is 577. The van der Waals surface area contributed by atoms with Crippen LogP contribution in [0.15, 0.2) is 18.2 Å². The molecule has 1 aromatic carbocycles. The van der Waals surface area contributed by atoms with Gasteiger partial charge in [-0.1, -0.05) is 11.8 Å². The van der Waals surface area contributed by atoms with Crippen molar-refractivity contribution in [3.8, 4) is 11.8 Å². The SMILES string of the molecule is Cc1cc(C#CCO)cc(C(=O)N(CC2CC2)C(C)C)c1. The fourth-order valence-electron chi connectivity index (χ4n) is 2.39. The van der Waals surface area contributed by atoms with Gasteiger partial charge in [-0.05, 0) is 63.3 Å². The third-order valence-corrected chi connectivity index (χ3v) is 3.67. The van der Waals surface area contributed by atoms with Crippen LogP contribution in [0.1, 0.15) is 48.2 Å². The van der Waals surface area contributed by atoms with Gasteiger partial charge in [-0.15, -0.1) is 0 Å². The molecule has 0 heterocycles. The lowest BCUT2D eigenvalue weighted by molar-refractivity contribution is 0.0696. The van der Waals surface area contributed by atoms with Crippen LogP contribution in [0.5, 0.6) is 0 Å². The predicted octanol–water partition coefficient (Wildman–Crippen LogP) is 2.60. The van der Waals surface area contributed by atoms with E-state index in [9.17, 15) is 4.79 Å². The fourth-order valence-corrected chi connectivity index (χ4v) is 2.39. The van der Waals surface area contributed by atoms with E-state index in [1.54, 1.807) is 0 Å². The number of carbonyl (C=O) groups is 1. The number of hydrogen-bond donors (Lipinski definition) is 1. The lowest BCUT2D eigenvalue weighted by atomic mass is 10.0. The van der Waals surface area contributed by atoms with Gasteiger partial charge in [0, 0.05) is 23.7 Å². The maximum absolute atomic E-state index is 12.8. The number of hydrogen-bond acceptors (Lipinski definition) is 2. The van der Waals surface area contributed by atoms with E-state index in [-0.39, 0.29) is 18.6 Å². The van der Waals surface area contributed by atoms with Gasteiger partial charge in [0.05, 0.1) is 0 Å². The predicted molar refractivity (Wildman–Crippen MR) is 84.0 cm³/mol. The Balaban J connectivity index is 2.25. The average molecular weight is 285 g/mol. The summed E-state index contributed by atoms with van der Waals surface area (Å²) in [4.78, 5) is 14.7. The van der Waals surface area contributed by atoms with Crippen LogP contribution in [0.3, 0.4) is 0 Å². The van der Waals surface area contributed by atoms with Gasteiger partial charge in [0.1, 0.15) is 6.61 Å². The molecule has 1 N–H and O–H groups in total. The molecule has 0 unspecified atom stereocenters. The van der Waals surface area contributed by atoms with Gasteiger partial charge in [0.15, 0.2) is 0 Å². The highest BCUT2D eigenvalue weighted by Crippen LogP contribution is 2.31. The van der Waals surface area contributed by atoms with Crippen LogP contribution in [-0.4, -0.2) is 35.1 Å². The maximum Gasteiger partial charge on any atom is 0.254 e. The molecule has 0 bridgehead atoms. The number of aliphatic hydroxyl groups excluding tert-OH is 1. The summed E-state index contributed by atoms with van der Waals surface area (Å²) in [5.41, 5.74) is 2.48. The number of amides is 1. The van der Waals surface area contributed by atoms with Gasteiger partial charge in [-0.25, -0.2) is 0 Å². The molecular weight excluding hydrogens is 262 g/mol. The first-order valence-corrected chi connectivity index (χ1v) is 7.53. The van der Waals surface area contributed by atoms with Crippen LogP contribution in [0.25, 0.3) is 0 Å². The summed E-state index contributed by atoms with van der Waals surface area (Å²) in [6.45, 7) is 6.76. The van der Waals surface area contributed by atoms with Crippen molar-refractivity contribution in [1.29, 1.82) is 0 Å². The number of nitrogens with zero attached hydrogens (tertiary/aromatic N) is 1. The van der Waals surface area contributed by atoms with E-state index >= 15 is 0 Å². The zero-order valence-corrected chi connectivity index (χ0v) is 13.0. The van der Waals surface area contributed by atoms with Crippen molar-refractivity contribution in [2.24, 2.45) is 5.92 Å². The van der Waals surface area contributed by atoms with Gasteiger partial charge in [-0.3, -0.25) is 4.79 Å². The molecule has 0 atom stereocenters. The molecule has 0 aliphatic heterocycles. The molecule has 1 aromatic rings. The van der Waals surface area contributed by atoms with Crippen molar-refractivity contribution < 1.29 is 9.90 Å². The van der Waals surface area contributed by atoms with E-state index in [2.05, 4.69) is 25.7 Å². The Labute approximate surface area is 127 Å². The minimum Gasteiger partial charge on any atom is -0.384 e. The Morgan fingerprint density at radius 1 is 1.38 bits per heavy atom. The summed E-state index contributed by atoms with van der Waals surface area (Å²) >= 11 is 0. The maximum atomic E-state index is 12.8. The Hall–Kier alpha value is -1.79. The van der Waals surface area contributed by atoms with Crippen molar-refractivity contribution in [2.45, 2.75) is 39.7 Å². The number of aliphatic hydroxyl groups is 1. The second-order valence-corrected chi connectivity index (χ2v) is 6.04. The first kappa shape index (κ1) is 15.6. The van der Waals surface area contributed by atoms with Crippen molar-refractivity contribution in [3.05, 3.63) is 34.9 Å². The second kappa shape index (κ2) is 6.78. The van der Waals surface area contributed by atoms with Gasteiger partial charge in [0.2, 0.25) is 0 Å². The lowest BCUT2D eigenvalue weighted by Crippen LogP contribution is -2.38. The third kappa shape index (κ3) is 4.34. The van der Waals surface area contributed by atoms with Crippen LogP contribution in [0.2, 0.25) is 0 Å². The van der Waals surface area contributed by atoms with E-state index in [0.29, 0.717) is 11.5 Å². The van der Waals surface area contributed by atoms with E-state index in [4.69, 9.17) is 5.11 Å². The topological polar surface area (TPSA) is 40.5 Å². The van der Waals surface area contributed by atoms with Gasteiger partial charge >= 0.3 is 0 Å². The quantitative estimate of drug-likeness (QED) is 0.864. The Kier molecular flexibility index (Phi) is 5.03. The minimum absolute atomic E-state index is 0.0765. The third-order valence-electron chi connectivity index (χ3n) is 3.67. The molecule has 3 heteroatoms. The molecule has 0 aromatic heterocycles. The number of aryl methyl sites for hydroxylation is 1. The molecular formula is C18H23NO2. The van der Waals surface area contributed by atoms with Gasteiger partial charge in [-0.2, -0.15) is 0 Å². The second-order valence-electron chi connectivity index (χ2n) is 6.04. The normalized spacial score (nSPS) is 13.8. The smallest absolute Gasteiger partial charge is 0.254 e. The number of benzene rings is 1. The first-order valence-electron chi connectivity index (χ1n) is 7.53. The molecule has 1 amide bonds. The molecule has 1 aliphatic rings. The zero-order chi connectivity index (χ0) is 15.4. The van der Waals surface area contributed by atoms with Crippen LogP contribution >= 0.6 is 0 Å². The van der Waals surface area contributed by atoms with Crippen molar-refractivity contribution in [3.63, 3.8) is 0 Å². The average Bonchev–Trinajstić information content (AvgIpc) is 3.25. The van der Waals surface area contributed by atoms with E-state index in [0.717, 1.165) is 17.7 Å². The highest BCUT2D eigenvalue weighted by molar-refractivity contribution is 5.95. The minimum atomic E-state index is -0.170. The molecule has 0 saturated heterocycles. The van der Waals surface area contributed by atoms with Crippen LogP contribution in [-0.2, 0) is 0 Å². The monoisotopic (exact) mass is 285 g/mol. The van der Waals surface area contributed by atoms with E-state index < -0.39 is 0 Å². The molecule has 2 rings (SSSR count). The van der Waals surface area contributed by atoms with Crippen LogP contribution in [0.4, 0.5) is 0 Å². The van der Waals surface area contributed by atoms with Crippen molar-refractivity contribution >= 4 is 5.91 Å². The molecule has 1 saturated carbocycles. The highest BCUT2D eigenvalue weighted by atomic mass is 16.2. The lowest BCUT2D eigenvalue weighted by Gasteiger charge is -2.27. The number of rotatable bonds is 4. The van der Waals surface area contributed by atoms with E-state index in [1.807, 2.05) is 30.0 Å². The van der Waals surface area contributed by atoms with Crippen LogP contribution in [0, 0.1) is 24.7 Å². The van der Waals surface area contributed by atoms with Gasteiger partial charge in [0.25, 0.3) is 5.91 Å². The Morgan fingerprint density at radius 3 is 2.67 bits per heavy atom. The molecule has 0 spiro atoms. The molecule has 112 valence electrons. The van der Waals surface area contributed by atoms with Crippen molar-refractivity contribution in [2.75, 3.05) is 13.2 Å². The van der Waals surface area contributed by atoms with E-state index in [1.165, 1.54) is 12.8 Å². The zero-order valence-electron chi connectivity index (χ0n) is 13.0. The summed E-state index contributed by atoms with van der Waals surface area (Å²) in [5.74, 6) is 6.27. The molecule has 0 radical (unpaired) electrons. The molecule has 1 fully saturated rings. The van der Waals surface area contributed by atoms with Crippen LogP contribution < -0.4 is 0 Å². The summed E-state index contributed by atoms with van der Waals surface area (Å²) in [6.07, 6.45) is 2.47. The first-order chi connectivity index (χ1) is 10.0. The van der Waals surface area contributed by atoms with Crippen molar-refractivity contribution in [1.82, 2.24) is 4.90 Å². The molecule has 3 nitrogen and oxygen atoms in total. The summed E-state index contributed by atoms with van der Waals surface area (Å²) < 4.78 is 0. The molecule has 1 aliphatic carbocycles. The number of carbonyl (C=O) groups excluding carboxylic acids is 1. The summed E-state index contributed by atoms with van der Waals surface area (Å²) in [7, 11) is 0. The summed E-state index contributed by atoms with van der Waals surface area (Å²) in [6, 6.07) is 5.86. The fraction of sp³-hybridized carbons (Fsp3) is 0.500.